The molecular formula is C13H8BrClFNO. The number of amides is 1. The van der Waals surface area contributed by atoms with E-state index in [1.165, 1.54) is 24.3 Å². The monoisotopic (exact) mass is 327 g/mol. The van der Waals surface area contributed by atoms with E-state index < -0.39 is 0 Å². The van der Waals surface area contributed by atoms with Crippen LogP contribution < -0.4 is 5.32 Å². The molecule has 0 atom stereocenters. The quantitative estimate of drug-likeness (QED) is 0.864. The van der Waals surface area contributed by atoms with Crippen molar-refractivity contribution in [2.75, 3.05) is 5.32 Å². The smallest absolute Gasteiger partial charge is 0.255 e. The molecule has 2 rings (SSSR count). The summed E-state index contributed by atoms with van der Waals surface area (Å²) in [5.74, 6) is -0.701. The second-order valence-corrected chi connectivity index (χ2v) is 4.88. The van der Waals surface area contributed by atoms with E-state index in [9.17, 15) is 9.18 Å². The van der Waals surface area contributed by atoms with Crippen LogP contribution in [0.2, 0.25) is 5.02 Å². The average molecular weight is 329 g/mol. The largest absolute Gasteiger partial charge is 0.321 e. The third kappa shape index (κ3) is 3.09. The van der Waals surface area contributed by atoms with Crippen LogP contribution in [-0.4, -0.2) is 5.91 Å². The molecule has 0 aliphatic carbocycles. The number of rotatable bonds is 2. The maximum atomic E-state index is 12.7. The zero-order chi connectivity index (χ0) is 13.1. The summed E-state index contributed by atoms with van der Waals surface area (Å²) in [6.07, 6.45) is 0. The molecule has 18 heavy (non-hydrogen) atoms. The maximum Gasteiger partial charge on any atom is 0.255 e. The Morgan fingerprint density at radius 2 is 1.83 bits per heavy atom. The third-order valence-electron chi connectivity index (χ3n) is 2.28. The molecule has 0 saturated carbocycles. The van der Waals surface area contributed by atoms with Crippen molar-refractivity contribution in [1.82, 2.24) is 0 Å². The molecule has 0 aromatic heterocycles. The summed E-state index contributed by atoms with van der Waals surface area (Å²) in [6, 6.07) is 10.4. The molecule has 2 aromatic rings. The van der Waals surface area contributed by atoms with Crippen molar-refractivity contribution < 1.29 is 9.18 Å². The third-order valence-corrected chi connectivity index (χ3v) is 3.21. The Morgan fingerprint density at radius 3 is 2.50 bits per heavy atom. The van der Waals surface area contributed by atoms with Crippen molar-refractivity contribution >= 4 is 39.1 Å². The SMILES string of the molecule is O=C(Nc1cc(Cl)ccc1Br)c1ccc(F)cc1. The molecule has 0 aliphatic rings. The first-order valence-electron chi connectivity index (χ1n) is 5.08. The van der Waals surface area contributed by atoms with Crippen LogP contribution in [0.15, 0.2) is 46.9 Å². The maximum absolute atomic E-state index is 12.7. The molecule has 2 nitrogen and oxygen atoms in total. The Bertz CT molecular complexity index is 586. The van der Waals surface area contributed by atoms with Gasteiger partial charge in [-0.2, -0.15) is 0 Å². The summed E-state index contributed by atoms with van der Waals surface area (Å²) in [5.41, 5.74) is 0.945. The fourth-order valence-electron chi connectivity index (χ4n) is 1.39. The number of carbonyl (C=O) groups excluding carboxylic acids is 1. The predicted octanol–water partition coefficient (Wildman–Crippen LogP) is 4.49. The van der Waals surface area contributed by atoms with Gasteiger partial charge in [0.2, 0.25) is 0 Å². The Kier molecular flexibility index (Phi) is 3.99. The molecule has 0 aliphatic heterocycles. The van der Waals surface area contributed by atoms with E-state index in [0.29, 0.717) is 16.3 Å². The molecule has 0 saturated heterocycles. The van der Waals surface area contributed by atoms with Gasteiger partial charge < -0.3 is 5.32 Å². The van der Waals surface area contributed by atoms with E-state index in [0.717, 1.165) is 4.47 Å². The van der Waals surface area contributed by atoms with Crippen LogP contribution in [0.25, 0.3) is 0 Å². The van der Waals surface area contributed by atoms with Crippen LogP contribution in [0.4, 0.5) is 10.1 Å². The van der Waals surface area contributed by atoms with Gasteiger partial charge in [0, 0.05) is 15.1 Å². The van der Waals surface area contributed by atoms with Crippen molar-refractivity contribution in [2.24, 2.45) is 0 Å². The van der Waals surface area contributed by atoms with Gasteiger partial charge >= 0.3 is 0 Å². The minimum atomic E-state index is -0.379. The highest BCUT2D eigenvalue weighted by Crippen LogP contribution is 2.26. The molecule has 5 heteroatoms. The molecule has 0 bridgehead atoms. The lowest BCUT2D eigenvalue weighted by Crippen LogP contribution is -2.12. The Labute approximate surface area is 117 Å². The number of carbonyl (C=O) groups is 1. The fraction of sp³-hybridized carbons (Fsp3) is 0. The fourth-order valence-corrected chi connectivity index (χ4v) is 1.91. The first-order valence-corrected chi connectivity index (χ1v) is 6.25. The van der Waals surface area contributed by atoms with Crippen LogP contribution in [-0.2, 0) is 0 Å². The average Bonchev–Trinajstić information content (AvgIpc) is 2.34. The number of hydrogen-bond acceptors (Lipinski definition) is 1. The molecule has 1 amide bonds. The summed E-state index contributed by atoms with van der Waals surface area (Å²) >= 11 is 9.16. The summed E-state index contributed by atoms with van der Waals surface area (Å²) in [4.78, 5) is 11.9. The predicted molar refractivity (Wildman–Crippen MR) is 73.5 cm³/mol. The second kappa shape index (κ2) is 5.50. The van der Waals surface area contributed by atoms with Crippen molar-refractivity contribution in [1.29, 1.82) is 0 Å². The van der Waals surface area contributed by atoms with E-state index >= 15 is 0 Å². The van der Waals surface area contributed by atoms with E-state index in [1.807, 2.05) is 0 Å². The lowest BCUT2D eigenvalue weighted by Gasteiger charge is -2.07. The molecule has 0 heterocycles. The zero-order valence-corrected chi connectivity index (χ0v) is 11.4. The van der Waals surface area contributed by atoms with Gasteiger partial charge in [0.25, 0.3) is 5.91 Å². The molecule has 0 unspecified atom stereocenters. The molecule has 92 valence electrons. The van der Waals surface area contributed by atoms with E-state index in [2.05, 4.69) is 21.2 Å². The lowest BCUT2D eigenvalue weighted by molar-refractivity contribution is 0.102. The van der Waals surface area contributed by atoms with Crippen LogP contribution in [0, 0.1) is 5.82 Å². The second-order valence-electron chi connectivity index (χ2n) is 3.59. The van der Waals surface area contributed by atoms with Gasteiger partial charge in [-0.1, -0.05) is 11.6 Å². The van der Waals surface area contributed by atoms with Crippen LogP contribution in [0.1, 0.15) is 10.4 Å². The number of anilines is 1. The highest BCUT2D eigenvalue weighted by atomic mass is 79.9. The van der Waals surface area contributed by atoms with Crippen molar-refractivity contribution in [3.05, 3.63) is 63.3 Å². The van der Waals surface area contributed by atoms with Crippen LogP contribution in [0.3, 0.4) is 0 Å². The molecule has 1 N–H and O–H groups in total. The minimum absolute atomic E-state index is 0.321. The number of benzene rings is 2. The summed E-state index contributed by atoms with van der Waals surface area (Å²) in [6.45, 7) is 0. The number of nitrogens with one attached hydrogen (secondary N) is 1. The summed E-state index contributed by atoms with van der Waals surface area (Å²) in [7, 11) is 0. The van der Waals surface area contributed by atoms with E-state index in [1.54, 1.807) is 18.2 Å². The van der Waals surface area contributed by atoms with Gasteiger partial charge in [-0.25, -0.2) is 4.39 Å². The number of halogens is 3. The lowest BCUT2D eigenvalue weighted by atomic mass is 10.2. The normalized spacial score (nSPS) is 10.2. The molecular weight excluding hydrogens is 321 g/mol. The first-order chi connectivity index (χ1) is 8.56. The van der Waals surface area contributed by atoms with Crippen LogP contribution >= 0.6 is 27.5 Å². The Hall–Kier alpha value is -1.39. The van der Waals surface area contributed by atoms with Gasteiger partial charge in [0.05, 0.1) is 5.69 Å². The zero-order valence-electron chi connectivity index (χ0n) is 9.08. The standard InChI is InChI=1S/C13H8BrClFNO/c14-11-6-3-9(15)7-12(11)17-13(18)8-1-4-10(16)5-2-8/h1-7H,(H,17,18). The van der Waals surface area contributed by atoms with Gasteiger partial charge in [0.15, 0.2) is 0 Å². The van der Waals surface area contributed by atoms with E-state index in [-0.39, 0.29) is 11.7 Å². The van der Waals surface area contributed by atoms with Crippen molar-refractivity contribution in [3.8, 4) is 0 Å². The van der Waals surface area contributed by atoms with Gasteiger partial charge in [0.1, 0.15) is 5.82 Å². The van der Waals surface area contributed by atoms with Gasteiger partial charge in [-0.15, -0.1) is 0 Å². The van der Waals surface area contributed by atoms with Crippen LogP contribution in [0.5, 0.6) is 0 Å². The number of hydrogen-bond donors (Lipinski definition) is 1. The molecule has 2 aromatic carbocycles. The molecule has 0 spiro atoms. The van der Waals surface area contributed by atoms with Gasteiger partial charge in [-0.3, -0.25) is 4.79 Å². The Morgan fingerprint density at radius 1 is 1.17 bits per heavy atom. The summed E-state index contributed by atoms with van der Waals surface area (Å²) < 4.78 is 13.5. The highest BCUT2D eigenvalue weighted by molar-refractivity contribution is 9.10. The topological polar surface area (TPSA) is 29.1 Å². The Balaban J connectivity index is 2.21. The van der Waals surface area contributed by atoms with Crippen molar-refractivity contribution in [3.63, 3.8) is 0 Å². The van der Waals surface area contributed by atoms with Gasteiger partial charge in [-0.05, 0) is 58.4 Å². The molecule has 0 radical (unpaired) electrons. The summed E-state index contributed by atoms with van der Waals surface area (Å²) in [5, 5.41) is 3.22. The molecule has 0 fully saturated rings. The van der Waals surface area contributed by atoms with Crippen molar-refractivity contribution in [2.45, 2.75) is 0 Å². The highest BCUT2D eigenvalue weighted by Gasteiger charge is 2.08. The first kappa shape index (κ1) is 13.1. The minimum Gasteiger partial charge on any atom is -0.321 e. The van der Waals surface area contributed by atoms with E-state index in [4.69, 9.17) is 11.6 Å².